The number of rotatable bonds is 6. The van der Waals surface area contributed by atoms with Gasteiger partial charge >= 0.3 is 0 Å². The zero-order valence-electron chi connectivity index (χ0n) is 11.2. The van der Waals surface area contributed by atoms with Crippen molar-refractivity contribution in [2.24, 2.45) is 5.73 Å². The van der Waals surface area contributed by atoms with E-state index in [9.17, 15) is 4.79 Å². The predicted molar refractivity (Wildman–Crippen MR) is 70.8 cm³/mol. The number of likely N-dealkylation sites (N-methyl/N-ethyl adjacent to an activating group) is 1. The highest BCUT2D eigenvalue weighted by Gasteiger charge is 2.24. The molecule has 0 atom stereocenters. The van der Waals surface area contributed by atoms with E-state index in [0.717, 1.165) is 38.6 Å². The summed E-state index contributed by atoms with van der Waals surface area (Å²) in [6, 6.07) is 0.927. The van der Waals surface area contributed by atoms with Crippen LogP contribution < -0.4 is 11.1 Å². The van der Waals surface area contributed by atoms with Crippen LogP contribution in [0.1, 0.15) is 46.0 Å². The van der Waals surface area contributed by atoms with Crippen LogP contribution in [0.3, 0.4) is 0 Å². The number of nitrogens with zero attached hydrogens (tertiary/aromatic N) is 1. The topological polar surface area (TPSA) is 58.4 Å². The number of nitrogens with two attached hydrogens (primary N) is 1. The third-order valence-electron chi connectivity index (χ3n) is 3.49. The lowest BCUT2D eigenvalue weighted by molar-refractivity contribution is -0.122. The molecule has 4 nitrogen and oxygen atoms in total. The van der Waals surface area contributed by atoms with Crippen molar-refractivity contribution in [3.05, 3.63) is 0 Å². The van der Waals surface area contributed by atoms with Gasteiger partial charge < -0.3 is 11.1 Å². The number of amides is 1. The Balaban J connectivity index is 2.44. The van der Waals surface area contributed by atoms with Gasteiger partial charge in [-0.3, -0.25) is 9.69 Å². The summed E-state index contributed by atoms with van der Waals surface area (Å²) in [6.07, 6.45) is 5.57. The normalized spacial score (nSPS) is 24.9. The van der Waals surface area contributed by atoms with E-state index in [-0.39, 0.29) is 5.91 Å². The minimum Gasteiger partial charge on any atom is -0.355 e. The summed E-state index contributed by atoms with van der Waals surface area (Å²) in [5.74, 6) is 0.149. The molecular formula is C13H27N3O. The van der Waals surface area contributed by atoms with Crippen LogP contribution >= 0.6 is 0 Å². The smallest absolute Gasteiger partial charge is 0.234 e. The molecule has 1 aliphatic carbocycles. The van der Waals surface area contributed by atoms with E-state index in [1.54, 1.807) is 0 Å². The Morgan fingerprint density at radius 2 is 1.94 bits per heavy atom. The molecule has 1 aliphatic rings. The van der Waals surface area contributed by atoms with E-state index in [1.165, 1.54) is 0 Å². The molecule has 0 aromatic rings. The number of hydrogen-bond donors (Lipinski definition) is 2. The highest BCUT2D eigenvalue weighted by atomic mass is 16.2. The Morgan fingerprint density at radius 1 is 1.29 bits per heavy atom. The molecule has 1 rings (SSSR count). The fraction of sp³-hybridized carbons (Fsp3) is 0.923. The molecule has 0 radical (unpaired) electrons. The molecule has 4 heteroatoms. The monoisotopic (exact) mass is 241 g/mol. The molecular weight excluding hydrogens is 214 g/mol. The van der Waals surface area contributed by atoms with Crippen LogP contribution in [-0.2, 0) is 4.79 Å². The summed E-state index contributed by atoms with van der Waals surface area (Å²) in [6.45, 7) is 6.40. The van der Waals surface area contributed by atoms with Crippen LogP contribution in [0.2, 0.25) is 0 Å². The largest absolute Gasteiger partial charge is 0.355 e. The van der Waals surface area contributed by atoms with E-state index in [0.29, 0.717) is 25.2 Å². The van der Waals surface area contributed by atoms with Crippen molar-refractivity contribution in [1.29, 1.82) is 0 Å². The van der Waals surface area contributed by atoms with Gasteiger partial charge in [0.15, 0.2) is 0 Å². The second-order valence-electron chi connectivity index (χ2n) is 4.99. The Labute approximate surface area is 105 Å². The zero-order valence-corrected chi connectivity index (χ0v) is 11.2. The minimum absolute atomic E-state index is 0.149. The van der Waals surface area contributed by atoms with Gasteiger partial charge in [0.1, 0.15) is 0 Å². The van der Waals surface area contributed by atoms with Gasteiger partial charge in [0, 0.05) is 18.6 Å². The van der Waals surface area contributed by atoms with Gasteiger partial charge in [0.2, 0.25) is 5.91 Å². The van der Waals surface area contributed by atoms with Gasteiger partial charge in [0.25, 0.3) is 0 Å². The van der Waals surface area contributed by atoms with Crippen molar-refractivity contribution >= 4 is 5.91 Å². The summed E-state index contributed by atoms with van der Waals surface area (Å²) >= 11 is 0. The molecule has 0 bridgehead atoms. The van der Waals surface area contributed by atoms with Crippen molar-refractivity contribution in [2.75, 3.05) is 19.6 Å². The number of nitrogens with one attached hydrogen (secondary N) is 1. The maximum Gasteiger partial charge on any atom is 0.234 e. The molecule has 0 spiro atoms. The maximum absolute atomic E-state index is 11.7. The Hall–Kier alpha value is -0.610. The highest BCUT2D eigenvalue weighted by Crippen LogP contribution is 2.22. The van der Waals surface area contributed by atoms with Gasteiger partial charge in [-0.25, -0.2) is 0 Å². The summed E-state index contributed by atoms with van der Waals surface area (Å²) in [5.41, 5.74) is 5.92. The average molecular weight is 241 g/mol. The molecule has 0 unspecified atom stereocenters. The molecule has 100 valence electrons. The van der Waals surface area contributed by atoms with E-state index in [2.05, 4.69) is 17.1 Å². The average Bonchev–Trinajstić information content (AvgIpc) is 2.30. The summed E-state index contributed by atoms with van der Waals surface area (Å²) in [7, 11) is 0. The lowest BCUT2D eigenvalue weighted by Gasteiger charge is -2.35. The van der Waals surface area contributed by atoms with Crippen LogP contribution in [0.4, 0.5) is 0 Å². The first-order valence-electron chi connectivity index (χ1n) is 6.93. The molecule has 0 aliphatic heterocycles. The fourth-order valence-corrected chi connectivity index (χ4v) is 2.58. The molecule has 1 saturated carbocycles. The highest BCUT2D eigenvalue weighted by molar-refractivity contribution is 5.77. The minimum atomic E-state index is 0.149. The van der Waals surface area contributed by atoms with Crippen LogP contribution in [0.15, 0.2) is 0 Å². The Kier molecular flexibility index (Phi) is 6.52. The first kappa shape index (κ1) is 14.5. The molecule has 3 N–H and O–H groups in total. The Bertz CT molecular complexity index is 225. The van der Waals surface area contributed by atoms with Gasteiger partial charge in [-0.05, 0) is 45.6 Å². The lowest BCUT2D eigenvalue weighted by atomic mass is 9.90. The first-order chi connectivity index (χ1) is 8.17. The van der Waals surface area contributed by atoms with Crippen molar-refractivity contribution in [3.8, 4) is 0 Å². The van der Waals surface area contributed by atoms with E-state index >= 15 is 0 Å². The molecule has 1 fully saturated rings. The Morgan fingerprint density at radius 3 is 2.47 bits per heavy atom. The summed E-state index contributed by atoms with van der Waals surface area (Å²) in [4.78, 5) is 14.0. The second kappa shape index (κ2) is 7.67. The molecule has 0 heterocycles. The lowest BCUT2D eigenvalue weighted by Crippen LogP contribution is -2.46. The van der Waals surface area contributed by atoms with Gasteiger partial charge in [-0.1, -0.05) is 6.92 Å². The van der Waals surface area contributed by atoms with E-state index in [1.807, 2.05) is 6.92 Å². The zero-order chi connectivity index (χ0) is 12.7. The predicted octanol–water partition coefficient (Wildman–Crippen LogP) is 1.10. The molecule has 1 amide bonds. The van der Waals surface area contributed by atoms with Crippen molar-refractivity contribution in [1.82, 2.24) is 10.2 Å². The number of carbonyl (C=O) groups is 1. The SMILES string of the molecule is CCCN(CC(=O)NCC)C1CCC(N)CC1. The van der Waals surface area contributed by atoms with E-state index < -0.39 is 0 Å². The van der Waals surface area contributed by atoms with Crippen molar-refractivity contribution in [2.45, 2.75) is 58.0 Å². The molecule has 0 aromatic heterocycles. The second-order valence-corrected chi connectivity index (χ2v) is 4.99. The van der Waals surface area contributed by atoms with E-state index in [4.69, 9.17) is 5.73 Å². The van der Waals surface area contributed by atoms with Gasteiger partial charge in [0.05, 0.1) is 6.54 Å². The molecule has 17 heavy (non-hydrogen) atoms. The molecule has 0 aromatic carbocycles. The summed E-state index contributed by atoms with van der Waals surface area (Å²) in [5, 5.41) is 2.88. The van der Waals surface area contributed by atoms with Gasteiger partial charge in [-0.2, -0.15) is 0 Å². The van der Waals surface area contributed by atoms with Gasteiger partial charge in [-0.15, -0.1) is 0 Å². The van der Waals surface area contributed by atoms with Crippen LogP contribution in [0, 0.1) is 0 Å². The third kappa shape index (κ3) is 5.04. The molecule has 0 saturated heterocycles. The third-order valence-corrected chi connectivity index (χ3v) is 3.49. The fourth-order valence-electron chi connectivity index (χ4n) is 2.58. The standard InChI is InChI=1S/C13H27N3O/c1-3-9-16(10-13(17)15-4-2)12-7-5-11(14)6-8-12/h11-12H,3-10,14H2,1-2H3,(H,15,17). The van der Waals surface area contributed by atoms with Crippen molar-refractivity contribution in [3.63, 3.8) is 0 Å². The van der Waals surface area contributed by atoms with Crippen LogP contribution in [0.25, 0.3) is 0 Å². The van der Waals surface area contributed by atoms with Crippen LogP contribution in [0.5, 0.6) is 0 Å². The quantitative estimate of drug-likeness (QED) is 0.732. The maximum atomic E-state index is 11.7. The summed E-state index contributed by atoms with van der Waals surface area (Å²) < 4.78 is 0. The van der Waals surface area contributed by atoms with Crippen molar-refractivity contribution < 1.29 is 4.79 Å². The number of hydrogen-bond acceptors (Lipinski definition) is 3. The number of carbonyl (C=O) groups excluding carboxylic acids is 1. The first-order valence-corrected chi connectivity index (χ1v) is 6.93. The van der Waals surface area contributed by atoms with Crippen LogP contribution in [-0.4, -0.2) is 42.5 Å².